The Morgan fingerprint density at radius 3 is 2.18 bits per heavy atom. The summed E-state index contributed by atoms with van der Waals surface area (Å²) in [4.78, 5) is 28.0. The fraction of sp³-hybridized carbons (Fsp3) is 0.389. The van der Waals surface area contributed by atoms with Gasteiger partial charge in [0.1, 0.15) is 12.3 Å². The number of methoxy groups -OCH3 is 1. The van der Waals surface area contributed by atoms with Crippen molar-refractivity contribution in [2.75, 3.05) is 33.3 Å². The maximum absolute atomic E-state index is 12.6. The third-order valence-electron chi connectivity index (χ3n) is 4.48. The van der Waals surface area contributed by atoms with Crippen LogP contribution in [0.2, 0.25) is 0 Å². The van der Waals surface area contributed by atoms with Gasteiger partial charge in [-0.2, -0.15) is 18.3 Å². The number of aromatic nitrogens is 2. The molecule has 1 fully saturated rings. The number of halogens is 3. The predicted molar refractivity (Wildman–Crippen MR) is 92.7 cm³/mol. The van der Waals surface area contributed by atoms with E-state index in [0.29, 0.717) is 37.5 Å². The molecule has 2 heterocycles. The zero-order valence-electron chi connectivity index (χ0n) is 15.1. The fourth-order valence-corrected chi connectivity index (χ4v) is 2.91. The van der Waals surface area contributed by atoms with Crippen molar-refractivity contribution in [3.63, 3.8) is 0 Å². The van der Waals surface area contributed by atoms with Crippen molar-refractivity contribution in [1.29, 1.82) is 0 Å². The quantitative estimate of drug-likeness (QED) is 0.792. The first-order chi connectivity index (χ1) is 13.3. The minimum atomic E-state index is -4.54. The maximum atomic E-state index is 12.6. The summed E-state index contributed by atoms with van der Waals surface area (Å²) in [7, 11) is 1.54. The number of carbonyl (C=O) groups excluding carboxylic acids is 2. The van der Waals surface area contributed by atoms with Crippen molar-refractivity contribution >= 4 is 11.8 Å². The molecule has 0 saturated carbocycles. The highest BCUT2D eigenvalue weighted by molar-refractivity contribution is 5.94. The summed E-state index contributed by atoms with van der Waals surface area (Å²) in [6.07, 6.45) is -3.41. The van der Waals surface area contributed by atoms with E-state index in [4.69, 9.17) is 4.74 Å². The van der Waals surface area contributed by atoms with Gasteiger partial charge in [0.2, 0.25) is 5.91 Å². The number of rotatable bonds is 4. The van der Waals surface area contributed by atoms with E-state index in [1.54, 1.807) is 36.3 Å². The van der Waals surface area contributed by atoms with Crippen LogP contribution in [-0.4, -0.2) is 64.7 Å². The van der Waals surface area contributed by atoms with Crippen LogP contribution in [0.1, 0.15) is 16.1 Å². The standard InChI is InChI=1S/C18H19F3N4O3/c1-28-14-4-2-13(3-5-14)17(27)24-10-8-23(9-11-24)16(26)12-25-7-6-15(22-25)18(19,20)21/h2-7H,8-12H2,1H3. The van der Waals surface area contributed by atoms with Crippen LogP contribution < -0.4 is 4.74 Å². The molecule has 3 rings (SSSR count). The van der Waals surface area contributed by atoms with Gasteiger partial charge in [0.25, 0.3) is 5.91 Å². The minimum absolute atomic E-state index is 0.142. The zero-order chi connectivity index (χ0) is 20.3. The molecule has 1 saturated heterocycles. The number of benzene rings is 1. The number of amides is 2. The minimum Gasteiger partial charge on any atom is -0.497 e. The number of piperazine rings is 1. The SMILES string of the molecule is COc1ccc(C(=O)N2CCN(C(=O)Cn3ccc(C(F)(F)F)n3)CC2)cc1. The highest BCUT2D eigenvalue weighted by Crippen LogP contribution is 2.27. The highest BCUT2D eigenvalue weighted by atomic mass is 19.4. The van der Waals surface area contributed by atoms with Crippen LogP contribution in [-0.2, 0) is 17.5 Å². The van der Waals surface area contributed by atoms with Gasteiger partial charge in [0.15, 0.2) is 5.69 Å². The lowest BCUT2D eigenvalue weighted by Crippen LogP contribution is -2.51. The fourth-order valence-electron chi connectivity index (χ4n) is 2.91. The van der Waals surface area contributed by atoms with Crippen molar-refractivity contribution in [3.8, 4) is 5.75 Å². The van der Waals surface area contributed by atoms with Gasteiger partial charge in [-0.05, 0) is 30.3 Å². The van der Waals surface area contributed by atoms with Gasteiger partial charge in [-0.25, -0.2) is 0 Å². The van der Waals surface area contributed by atoms with E-state index in [9.17, 15) is 22.8 Å². The number of carbonyl (C=O) groups is 2. The summed E-state index contributed by atoms with van der Waals surface area (Å²) in [5.74, 6) is 0.171. The van der Waals surface area contributed by atoms with Gasteiger partial charge in [-0.1, -0.05) is 0 Å². The van der Waals surface area contributed by atoms with Crippen molar-refractivity contribution in [2.45, 2.75) is 12.7 Å². The lowest BCUT2D eigenvalue weighted by atomic mass is 10.1. The molecule has 150 valence electrons. The predicted octanol–water partition coefficient (Wildman–Crippen LogP) is 1.90. The van der Waals surface area contributed by atoms with E-state index in [1.165, 1.54) is 4.90 Å². The lowest BCUT2D eigenvalue weighted by molar-refractivity contribution is -0.142. The van der Waals surface area contributed by atoms with Crippen molar-refractivity contribution < 1.29 is 27.5 Å². The van der Waals surface area contributed by atoms with Crippen LogP contribution in [0.25, 0.3) is 0 Å². The Balaban J connectivity index is 1.53. The largest absolute Gasteiger partial charge is 0.497 e. The molecule has 1 aromatic carbocycles. The van der Waals surface area contributed by atoms with Crippen LogP contribution in [0.15, 0.2) is 36.5 Å². The smallest absolute Gasteiger partial charge is 0.435 e. The molecule has 10 heteroatoms. The Bertz CT molecular complexity index is 841. The first-order valence-corrected chi connectivity index (χ1v) is 8.59. The zero-order valence-corrected chi connectivity index (χ0v) is 15.1. The summed E-state index contributed by atoms with van der Waals surface area (Å²) in [5.41, 5.74) is -0.507. The van der Waals surface area contributed by atoms with E-state index >= 15 is 0 Å². The highest BCUT2D eigenvalue weighted by Gasteiger charge is 2.34. The van der Waals surface area contributed by atoms with Crippen molar-refractivity contribution in [2.24, 2.45) is 0 Å². The number of hydrogen-bond donors (Lipinski definition) is 0. The average molecular weight is 396 g/mol. The van der Waals surface area contributed by atoms with E-state index in [0.717, 1.165) is 16.9 Å². The van der Waals surface area contributed by atoms with Gasteiger partial charge >= 0.3 is 6.18 Å². The molecule has 2 amide bonds. The van der Waals surface area contributed by atoms with E-state index in [-0.39, 0.29) is 18.4 Å². The molecule has 0 N–H and O–H groups in total. The normalized spacial score (nSPS) is 14.9. The molecule has 0 radical (unpaired) electrons. The molecule has 1 aromatic heterocycles. The maximum Gasteiger partial charge on any atom is 0.435 e. The van der Waals surface area contributed by atoms with Gasteiger partial charge in [0, 0.05) is 37.9 Å². The monoisotopic (exact) mass is 396 g/mol. The van der Waals surface area contributed by atoms with Gasteiger partial charge < -0.3 is 14.5 Å². The number of alkyl halides is 3. The lowest BCUT2D eigenvalue weighted by Gasteiger charge is -2.34. The topological polar surface area (TPSA) is 67.7 Å². The number of hydrogen-bond acceptors (Lipinski definition) is 4. The molecule has 0 atom stereocenters. The van der Waals surface area contributed by atoms with Crippen LogP contribution >= 0.6 is 0 Å². The second-order valence-corrected chi connectivity index (χ2v) is 6.30. The molecule has 1 aliphatic heterocycles. The molecule has 1 aliphatic rings. The molecule has 0 bridgehead atoms. The van der Waals surface area contributed by atoms with Gasteiger partial charge in [-0.15, -0.1) is 0 Å². The number of nitrogens with zero attached hydrogens (tertiary/aromatic N) is 4. The van der Waals surface area contributed by atoms with E-state index in [2.05, 4.69) is 5.10 Å². The first kappa shape index (κ1) is 19.7. The average Bonchev–Trinajstić information content (AvgIpc) is 3.16. The van der Waals surface area contributed by atoms with E-state index < -0.39 is 11.9 Å². The molecular weight excluding hydrogens is 377 g/mol. The first-order valence-electron chi connectivity index (χ1n) is 8.59. The third-order valence-corrected chi connectivity index (χ3v) is 4.48. The Hall–Kier alpha value is -3.04. The van der Waals surface area contributed by atoms with Crippen LogP contribution in [0.4, 0.5) is 13.2 Å². The Morgan fingerprint density at radius 2 is 1.64 bits per heavy atom. The Morgan fingerprint density at radius 1 is 1.04 bits per heavy atom. The molecule has 0 spiro atoms. The summed E-state index contributed by atoms with van der Waals surface area (Å²) >= 11 is 0. The summed E-state index contributed by atoms with van der Waals surface area (Å²) in [6, 6.07) is 7.58. The van der Waals surface area contributed by atoms with Crippen LogP contribution in [0.5, 0.6) is 5.75 Å². The molecular formula is C18H19F3N4O3. The molecule has 28 heavy (non-hydrogen) atoms. The summed E-state index contributed by atoms with van der Waals surface area (Å²) in [5, 5.41) is 3.38. The van der Waals surface area contributed by atoms with Gasteiger partial charge in [-0.3, -0.25) is 14.3 Å². The van der Waals surface area contributed by atoms with E-state index in [1.807, 2.05) is 0 Å². The summed E-state index contributed by atoms with van der Waals surface area (Å²) in [6.45, 7) is 1.05. The molecule has 2 aromatic rings. The van der Waals surface area contributed by atoms with Crippen LogP contribution in [0, 0.1) is 0 Å². The molecule has 0 unspecified atom stereocenters. The molecule has 0 aliphatic carbocycles. The van der Waals surface area contributed by atoms with Gasteiger partial charge in [0.05, 0.1) is 7.11 Å². The van der Waals surface area contributed by atoms with Crippen molar-refractivity contribution in [3.05, 3.63) is 47.8 Å². The second-order valence-electron chi connectivity index (χ2n) is 6.30. The van der Waals surface area contributed by atoms with Crippen LogP contribution in [0.3, 0.4) is 0 Å². The number of ether oxygens (including phenoxy) is 1. The third kappa shape index (κ3) is 4.44. The molecule has 7 nitrogen and oxygen atoms in total. The summed E-state index contributed by atoms with van der Waals surface area (Å²) < 4.78 is 43.8. The Labute approximate surface area is 159 Å². The second kappa shape index (κ2) is 7.91. The van der Waals surface area contributed by atoms with Crippen molar-refractivity contribution in [1.82, 2.24) is 19.6 Å². The Kier molecular flexibility index (Phi) is 5.57.